The highest BCUT2D eigenvalue weighted by Gasteiger charge is 2.13. The first kappa shape index (κ1) is 10.8. The Kier molecular flexibility index (Phi) is 3.95. The van der Waals surface area contributed by atoms with Gasteiger partial charge in [0.05, 0.1) is 12.4 Å². The number of hydrogen-bond donors (Lipinski definition) is 2. The summed E-state index contributed by atoms with van der Waals surface area (Å²) >= 11 is 0. The van der Waals surface area contributed by atoms with E-state index in [-0.39, 0.29) is 13.1 Å². The molecule has 0 bridgehead atoms. The van der Waals surface area contributed by atoms with Gasteiger partial charge in [0.2, 0.25) is 10.0 Å². The van der Waals surface area contributed by atoms with E-state index in [1.165, 1.54) is 7.05 Å². The lowest BCUT2D eigenvalue weighted by molar-refractivity contribution is 0.160. The third-order valence-electron chi connectivity index (χ3n) is 1.31. The molecule has 3 N–H and O–H groups in total. The van der Waals surface area contributed by atoms with Gasteiger partial charge in [0.25, 0.3) is 0 Å². The first-order chi connectivity index (χ1) is 4.88. The highest BCUT2D eigenvalue weighted by molar-refractivity contribution is 7.88. The molecular weight excluding hydrogens is 168 g/mol. The Hall–Kier alpha value is -0.170. The minimum atomic E-state index is -3.19. The van der Waals surface area contributed by atoms with E-state index < -0.39 is 16.1 Å². The zero-order valence-corrected chi connectivity index (χ0v) is 7.50. The first-order valence-corrected chi connectivity index (χ1v) is 5.02. The molecule has 6 heteroatoms. The summed E-state index contributed by atoms with van der Waals surface area (Å²) in [6.07, 6.45) is 0.297. The quantitative estimate of drug-likeness (QED) is 0.537. The van der Waals surface area contributed by atoms with Crippen molar-refractivity contribution in [1.82, 2.24) is 4.31 Å². The molecule has 1 unspecified atom stereocenters. The average molecular weight is 182 g/mol. The molecule has 0 aliphatic rings. The normalized spacial score (nSPS) is 15.4. The predicted octanol–water partition coefficient (Wildman–Crippen LogP) is -1.80. The van der Waals surface area contributed by atoms with Gasteiger partial charge in [-0.15, -0.1) is 0 Å². The molecule has 0 aromatic rings. The molecule has 0 saturated carbocycles. The number of aliphatic hydroxyl groups excluding tert-OH is 1. The zero-order chi connectivity index (χ0) is 9.07. The van der Waals surface area contributed by atoms with E-state index in [1.807, 2.05) is 0 Å². The first-order valence-electron chi connectivity index (χ1n) is 3.17. The molecule has 5 nitrogen and oxygen atoms in total. The topological polar surface area (TPSA) is 83.6 Å². The fourth-order valence-corrected chi connectivity index (χ4v) is 0.950. The summed E-state index contributed by atoms with van der Waals surface area (Å²) in [4.78, 5) is 0. The minimum Gasteiger partial charge on any atom is -0.390 e. The van der Waals surface area contributed by atoms with Crippen LogP contribution in [0.2, 0.25) is 0 Å². The lowest BCUT2D eigenvalue weighted by Crippen LogP contribution is -2.37. The van der Waals surface area contributed by atoms with Crippen molar-refractivity contribution in [3.8, 4) is 0 Å². The molecule has 0 rings (SSSR count). The number of rotatable bonds is 4. The van der Waals surface area contributed by atoms with Gasteiger partial charge < -0.3 is 10.8 Å². The second-order valence-electron chi connectivity index (χ2n) is 2.43. The van der Waals surface area contributed by atoms with Crippen LogP contribution in [0.25, 0.3) is 0 Å². The van der Waals surface area contributed by atoms with E-state index in [4.69, 9.17) is 10.8 Å². The van der Waals surface area contributed by atoms with Crippen molar-refractivity contribution in [2.45, 2.75) is 6.10 Å². The molecule has 11 heavy (non-hydrogen) atoms. The van der Waals surface area contributed by atoms with Crippen molar-refractivity contribution < 1.29 is 13.5 Å². The van der Waals surface area contributed by atoms with Gasteiger partial charge in [-0.2, -0.15) is 0 Å². The van der Waals surface area contributed by atoms with Crippen LogP contribution in [0.15, 0.2) is 0 Å². The SMILES string of the molecule is CN(CC(O)CN)S(C)(=O)=O. The monoisotopic (exact) mass is 182 g/mol. The van der Waals surface area contributed by atoms with Crippen LogP contribution in [0.3, 0.4) is 0 Å². The van der Waals surface area contributed by atoms with Gasteiger partial charge in [0.15, 0.2) is 0 Å². The van der Waals surface area contributed by atoms with E-state index in [1.54, 1.807) is 0 Å². The molecule has 68 valence electrons. The van der Waals surface area contributed by atoms with Crippen molar-refractivity contribution in [1.29, 1.82) is 0 Å². The summed E-state index contributed by atoms with van der Waals surface area (Å²) < 4.78 is 22.6. The van der Waals surface area contributed by atoms with Gasteiger partial charge in [-0.25, -0.2) is 12.7 Å². The van der Waals surface area contributed by atoms with Crippen LogP contribution in [0.1, 0.15) is 0 Å². The lowest BCUT2D eigenvalue weighted by Gasteiger charge is -2.16. The summed E-state index contributed by atoms with van der Waals surface area (Å²) in [6, 6.07) is 0. The van der Waals surface area contributed by atoms with Gasteiger partial charge in [-0.1, -0.05) is 0 Å². The molecule has 0 heterocycles. The third kappa shape index (κ3) is 4.31. The maximum absolute atomic E-state index is 10.8. The maximum Gasteiger partial charge on any atom is 0.211 e. The van der Waals surface area contributed by atoms with E-state index in [0.717, 1.165) is 10.6 Å². The van der Waals surface area contributed by atoms with E-state index in [2.05, 4.69) is 0 Å². The predicted molar refractivity (Wildman–Crippen MR) is 42.5 cm³/mol. The molecule has 0 spiro atoms. The highest BCUT2D eigenvalue weighted by atomic mass is 32.2. The second-order valence-corrected chi connectivity index (χ2v) is 4.52. The van der Waals surface area contributed by atoms with Crippen LogP contribution in [0.5, 0.6) is 0 Å². The van der Waals surface area contributed by atoms with Crippen molar-refractivity contribution in [3.63, 3.8) is 0 Å². The van der Waals surface area contributed by atoms with E-state index in [0.29, 0.717) is 0 Å². The number of aliphatic hydroxyl groups is 1. The fraction of sp³-hybridized carbons (Fsp3) is 1.00. The van der Waals surface area contributed by atoms with Crippen LogP contribution in [-0.2, 0) is 10.0 Å². The van der Waals surface area contributed by atoms with Crippen molar-refractivity contribution >= 4 is 10.0 Å². The van der Waals surface area contributed by atoms with Crippen molar-refractivity contribution in [2.75, 3.05) is 26.4 Å². The Balaban J connectivity index is 3.98. The summed E-state index contributed by atoms with van der Waals surface area (Å²) in [5, 5.41) is 8.96. The molecule has 0 amide bonds. The van der Waals surface area contributed by atoms with Crippen LogP contribution in [-0.4, -0.2) is 50.3 Å². The lowest BCUT2D eigenvalue weighted by atomic mass is 10.4. The van der Waals surface area contributed by atoms with Crippen molar-refractivity contribution in [2.24, 2.45) is 5.73 Å². The van der Waals surface area contributed by atoms with Gasteiger partial charge in [-0.05, 0) is 0 Å². The molecule has 1 atom stereocenters. The van der Waals surface area contributed by atoms with E-state index >= 15 is 0 Å². The van der Waals surface area contributed by atoms with Crippen LogP contribution < -0.4 is 5.73 Å². The van der Waals surface area contributed by atoms with Crippen molar-refractivity contribution in [3.05, 3.63) is 0 Å². The molecular formula is C5H14N2O3S. The number of nitrogens with two attached hydrogens (primary N) is 1. The highest BCUT2D eigenvalue weighted by Crippen LogP contribution is 1.94. The number of sulfonamides is 1. The molecule has 0 fully saturated rings. The molecule has 0 aliphatic heterocycles. The Bertz CT molecular complexity index is 202. The Morgan fingerprint density at radius 3 is 2.36 bits per heavy atom. The Morgan fingerprint density at radius 2 is 2.09 bits per heavy atom. The Morgan fingerprint density at radius 1 is 1.64 bits per heavy atom. The number of nitrogens with zero attached hydrogens (tertiary/aromatic N) is 1. The molecule has 0 saturated heterocycles. The largest absolute Gasteiger partial charge is 0.390 e. The standard InChI is InChI=1S/C5H14N2O3S/c1-7(11(2,9)10)4-5(8)3-6/h5,8H,3-4,6H2,1-2H3. The van der Waals surface area contributed by atoms with Gasteiger partial charge >= 0.3 is 0 Å². The molecule has 0 aromatic carbocycles. The Labute approximate surface area is 66.9 Å². The smallest absolute Gasteiger partial charge is 0.211 e. The second kappa shape index (κ2) is 4.01. The summed E-state index contributed by atoms with van der Waals surface area (Å²) in [6.45, 7) is 0.120. The summed E-state index contributed by atoms with van der Waals surface area (Å²) in [5.74, 6) is 0. The number of hydrogen-bond acceptors (Lipinski definition) is 4. The van der Waals surface area contributed by atoms with Gasteiger partial charge in [0.1, 0.15) is 0 Å². The van der Waals surface area contributed by atoms with Crippen LogP contribution >= 0.6 is 0 Å². The summed E-state index contributed by atoms with van der Waals surface area (Å²) in [5.41, 5.74) is 5.09. The van der Waals surface area contributed by atoms with Crippen LogP contribution in [0, 0.1) is 0 Å². The molecule has 0 aromatic heterocycles. The minimum absolute atomic E-state index is 0.0509. The third-order valence-corrected chi connectivity index (χ3v) is 2.59. The number of likely N-dealkylation sites (N-methyl/N-ethyl adjacent to an activating group) is 1. The average Bonchev–Trinajstić information content (AvgIpc) is 1.85. The molecule has 0 aliphatic carbocycles. The molecule has 0 radical (unpaired) electrons. The zero-order valence-electron chi connectivity index (χ0n) is 6.69. The van der Waals surface area contributed by atoms with E-state index in [9.17, 15) is 8.42 Å². The summed E-state index contributed by atoms with van der Waals surface area (Å²) in [7, 11) is -1.79. The van der Waals surface area contributed by atoms with Gasteiger partial charge in [0, 0.05) is 20.1 Å². The van der Waals surface area contributed by atoms with Crippen LogP contribution in [0.4, 0.5) is 0 Å². The van der Waals surface area contributed by atoms with Gasteiger partial charge in [-0.3, -0.25) is 0 Å². The fourth-order valence-electron chi connectivity index (χ4n) is 0.507. The maximum atomic E-state index is 10.8.